The first-order valence-corrected chi connectivity index (χ1v) is 7.14. The zero-order valence-electron chi connectivity index (χ0n) is 12.0. The van der Waals surface area contributed by atoms with Crippen molar-refractivity contribution in [2.24, 2.45) is 0 Å². The number of amides is 2. The number of nitrogens with zero attached hydrogens (tertiary/aromatic N) is 1. The van der Waals surface area contributed by atoms with Gasteiger partial charge in [-0.2, -0.15) is 0 Å². The molecule has 2 aliphatic rings. The van der Waals surface area contributed by atoms with E-state index in [-0.39, 0.29) is 24.6 Å². The van der Waals surface area contributed by atoms with E-state index in [1.54, 1.807) is 11.9 Å². The van der Waals surface area contributed by atoms with Crippen molar-refractivity contribution in [3.63, 3.8) is 0 Å². The fourth-order valence-corrected chi connectivity index (χ4v) is 2.89. The summed E-state index contributed by atoms with van der Waals surface area (Å²) in [5, 5.41) is 5.56. The van der Waals surface area contributed by atoms with E-state index in [1.807, 2.05) is 24.3 Å². The molecule has 21 heavy (non-hydrogen) atoms. The van der Waals surface area contributed by atoms with Crippen molar-refractivity contribution in [2.75, 3.05) is 20.2 Å². The molecule has 3 rings (SSSR count). The van der Waals surface area contributed by atoms with Gasteiger partial charge < -0.3 is 20.3 Å². The molecule has 0 aliphatic carbocycles. The molecule has 2 heterocycles. The van der Waals surface area contributed by atoms with Crippen molar-refractivity contribution in [2.45, 2.75) is 25.2 Å². The number of carbonyl (C=O) groups excluding carboxylic acids is 2. The molecule has 1 aromatic carbocycles. The maximum absolute atomic E-state index is 12.6. The largest absolute Gasteiger partial charge is 0.354 e. The molecule has 0 aromatic heterocycles. The van der Waals surface area contributed by atoms with E-state index in [0.29, 0.717) is 19.6 Å². The van der Waals surface area contributed by atoms with Gasteiger partial charge in [0, 0.05) is 18.5 Å². The number of carbonyl (C=O) groups is 2. The van der Waals surface area contributed by atoms with Crippen LogP contribution in [0.15, 0.2) is 24.3 Å². The second-order valence-electron chi connectivity index (χ2n) is 5.33. The number of rotatable bonds is 3. The SMILES string of the molecule is CNCC(=O)NC1CCOC2c3ccccc3CN2C1=O. The standard InChI is InChI=1S/C15H19N3O3/c1-16-8-13(19)17-12-6-7-21-15-11-5-3-2-4-10(11)9-18(15)14(12)20/h2-5,12,15-16H,6-9H2,1H3,(H,17,19). The van der Waals surface area contributed by atoms with E-state index >= 15 is 0 Å². The van der Waals surface area contributed by atoms with Gasteiger partial charge in [-0.05, 0) is 12.6 Å². The summed E-state index contributed by atoms with van der Waals surface area (Å²) in [6.07, 6.45) is 0.184. The monoisotopic (exact) mass is 289 g/mol. The lowest BCUT2D eigenvalue weighted by molar-refractivity contribution is -0.144. The molecule has 0 radical (unpaired) electrons. The fourth-order valence-electron chi connectivity index (χ4n) is 2.89. The Hall–Kier alpha value is -1.92. The first-order valence-electron chi connectivity index (χ1n) is 7.14. The highest BCUT2D eigenvalue weighted by atomic mass is 16.5. The molecule has 6 heteroatoms. The van der Waals surface area contributed by atoms with Crippen LogP contribution < -0.4 is 10.6 Å². The molecule has 0 spiro atoms. The predicted molar refractivity (Wildman–Crippen MR) is 76.2 cm³/mol. The van der Waals surface area contributed by atoms with E-state index in [0.717, 1.165) is 11.1 Å². The molecule has 0 bridgehead atoms. The van der Waals surface area contributed by atoms with Crippen LogP contribution in [0.4, 0.5) is 0 Å². The minimum atomic E-state index is -0.509. The summed E-state index contributed by atoms with van der Waals surface area (Å²) in [6, 6.07) is 7.40. The average molecular weight is 289 g/mol. The quantitative estimate of drug-likeness (QED) is 0.831. The van der Waals surface area contributed by atoms with Gasteiger partial charge in [-0.25, -0.2) is 0 Å². The number of hydrogen-bond acceptors (Lipinski definition) is 4. The topological polar surface area (TPSA) is 70.7 Å². The number of benzene rings is 1. The maximum atomic E-state index is 12.6. The highest BCUT2D eigenvalue weighted by molar-refractivity contribution is 5.89. The van der Waals surface area contributed by atoms with E-state index in [1.165, 1.54) is 0 Å². The zero-order chi connectivity index (χ0) is 14.8. The molecular formula is C15H19N3O3. The van der Waals surface area contributed by atoms with Crippen LogP contribution >= 0.6 is 0 Å². The van der Waals surface area contributed by atoms with Gasteiger partial charge in [0.05, 0.1) is 13.2 Å². The maximum Gasteiger partial charge on any atom is 0.247 e. The summed E-state index contributed by atoms with van der Waals surface area (Å²) < 4.78 is 5.83. The third-order valence-corrected chi connectivity index (χ3v) is 3.88. The normalized spacial score (nSPS) is 24.2. The van der Waals surface area contributed by atoms with Gasteiger partial charge >= 0.3 is 0 Å². The molecule has 112 valence electrons. The lowest BCUT2D eigenvalue weighted by atomic mass is 10.1. The molecule has 2 aliphatic heterocycles. The van der Waals surface area contributed by atoms with Crippen molar-refractivity contribution in [3.8, 4) is 0 Å². The smallest absolute Gasteiger partial charge is 0.247 e. The van der Waals surface area contributed by atoms with Crippen LogP contribution in [0, 0.1) is 0 Å². The first kappa shape index (κ1) is 14.0. The van der Waals surface area contributed by atoms with Crippen molar-refractivity contribution in [1.29, 1.82) is 0 Å². The fraction of sp³-hybridized carbons (Fsp3) is 0.467. The molecule has 2 N–H and O–H groups in total. The summed E-state index contributed by atoms with van der Waals surface area (Å²) in [4.78, 5) is 26.1. The third-order valence-electron chi connectivity index (χ3n) is 3.88. The van der Waals surface area contributed by atoms with Crippen LogP contribution in [0.3, 0.4) is 0 Å². The van der Waals surface area contributed by atoms with Crippen LogP contribution in [0.5, 0.6) is 0 Å². The van der Waals surface area contributed by atoms with Crippen molar-refractivity contribution in [1.82, 2.24) is 15.5 Å². The van der Waals surface area contributed by atoms with Gasteiger partial charge in [-0.15, -0.1) is 0 Å². The summed E-state index contributed by atoms with van der Waals surface area (Å²) in [5.41, 5.74) is 2.16. The van der Waals surface area contributed by atoms with Gasteiger partial charge in [0.25, 0.3) is 0 Å². The van der Waals surface area contributed by atoms with Crippen LogP contribution in [-0.4, -0.2) is 43.0 Å². The molecule has 1 saturated heterocycles. The van der Waals surface area contributed by atoms with Gasteiger partial charge in [0.1, 0.15) is 6.04 Å². The average Bonchev–Trinajstić information content (AvgIpc) is 2.77. The molecule has 0 saturated carbocycles. The van der Waals surface area contributed by atoms with Crippen molar-refractivity contribution in [3.05, 3.63) is 35.4 Å². The Bertz CT molecular complexity index is 561. The molecule has 2 amide bonds. The molecule has 2 atom stereocenters. The van der Waals surface area contributed by atoms with Crippen LogP contribution in [0.25, 0.3) is 0 Å². The van der Waals surface area contributed by atoms with E-state index < -0.39 is 6.04 Å². The Kier molecular flexibility index (Phi) is 3.90. The molecule has 1 fully saturated rings. The zero-order valence-corrected chi connectivity index (χ0v) is 12.0. The minimum absolute atomic E-state index is 0.0712. The Morgan fingerprint density at radius 1 is 1.43 bits per heavy atom. The van der Waals surface area contributed by atoms with E-state index in [9.17, 15) is 9.59 Å². The Morgan fingerprint density at radius 2 is 2.24 bits per heavy atom. The van der Waals surface area contributed by atoms with Crippen molar-refractivity contribution >= 4 is 11.8 Å². The molecular weight excluding hydrogens is 270 g/mol. The Morgan fingerprint density at radius 3 is 3.05 bits per heavy atom. The van der Waals surface area contributed by atoms with E-state index in [2.05, 4.69) is 10.6 Å². The summed E-state index contributed by atoms with van der Waals surface area (Å²) in [6.45, 7) is 1.19. The van der Waals surface area contributed by atoms with Crippen molar-refractivity contribution < 1.29 is 14.3 Å². The molecule has 6 nitrogen and oxygen atoms in total. The Balaban J connectivity index is 1.77. The third kappa shape index (κ3) is 2.64. The highest BCUT2D eigenvalue weighted by Crippen LogP contribution is 2.36. The summed E-state index contributed by atoms with van der Waals surface area (Å²) >= 11 is 0. The minimum Gasteiger partial charge on any atom is -0.354 e. The van der Waals surface area contributed by atoms with E-state index in [4.69, 9.17) is 4.74 Å². The second-order valence-corrected chi connectivity index (χ2v) is 5.33. The van der Waals surface area contributed by atoms with Gasteiger partial charge in [-0.3, -0.25) is 9.59 Å². The number of ether oxygens (including phenoxy) is 1. The van der Waals surface area contributed by atoms with Gasteiger partial charge in [-0.1, -0.05) is 24.3 Å². The lowest BCUT2D eigenvalue weighted by Gasteiger charge is -2.24. The predicted octanol–water partition coefficient (Wildman–Crippen LogP) is 0.152. The van der Waals surface area contributed by atoms with Crippen LogP contribution in [-0.2, 0) is 20.9 Å². The number of hydrogen-bond donors (Lipinski definition) is 2. The second kappa shape index (κ2) is 5.83. The number of fused-ring (bicyclic) bond motifs is 3. The molecule has 2 unspecified atom stereocenters. The molecule has 1 aromatic rings. The van der Waals surface area contributed by atoms with Crippen LogP contribution in [0.1, 0.15) is 23.8 Å². The lowest BCUT2D eigenvalue weighted by Crippen LogP contribution is -2.48. The summed E-state index contributed by atoms with van der Waals surface area (Å²) in [5.74, 6) is -0.246. The van der Waals surface area contributed by atoms with Gasteiger partial charge in [0.15, 0.2) is 6.23 Å². The van der Waals surface area contributed by atoms with Gasteiger partial charge in [0.2, 0.25) is 11.8 Å². The number of likely N-dealkylation sites (N-methyl/N-ethyl adjacent to an activating group) is 1. The summed E-state index contributed by atoms with van der Waals surface area (Å²) in [7, 11) is 1.70. The highest BCUT2D eigenvalue weighted by Gasteiger charge is 2.39. The first-order chi connectivity index (χ1) is 10.2. The Labute approximate surface area is 123 Å². The van der Waals surface area contributed by atoms with Crippen LogP contribution in [0.2, 0.25) is 0 Å². The number of nitrogens with one attached hydrogen (secondary N) is 2.